The van der Waals surface area contributed by atoms with E-state index in [0.717, 1.165) is 41.0 Å². The van der Waals surface area contributed by atoms with E-state index in [4.69, 9.17) is 27.6 Å². The first-order valence-electron chi connectivity index (χ1n) is 7.73. The van der Waals surface area contributed by atoms with Gasteiger partial charge in [0.1, 0.15) is 11.5 Å². The normalized spacial score (nSPS) is 10.7. The molecule has 0 atom stereocenters. The number of nitrogens with zero attached hydrogens (tertiary/aromatic N) is 4. The van der Waals surface area contributed by atoms with Crippen molar-refractivity contribution in [1.29, 1.82) is 0 Å². The molecule has 2 aromatic heterocycles. The van der Waals surface area contributed by atoms with Gasteiger partial charge in [-0.2, -0.15) is 0 Å². The summed E-state index contributed by atoms with van der Waals surface area (Å²) >= 11 is 13.7. The van der Waals surface area contributed by atoms with Crippen LogP contribution >= 0.6 is 47.4 Å². The summed E-state index contributed by atoms with van der Waals surface area (Å²) in [6.07, 6.45) is 1.01. The van der Waals surface area contributed by atoms with Crippen LogP contribution in [0.3, 0.4) is 0 Å². The maximum absolute atomic E-state index is 6.03. The molecular weight excluding hydrogens is 417 g/mol. The molecule has 0 amide bonds. The molecule has 140 valence electrons. The summed E-state index contributed by atoms with van der Waals surface area (Å²) < 4.78 is 7.52. The number of thioether (sulfide) groups is 1. The molecule has 6 nitrogen and oxygen atoms in total. The molecule has 0 aliphatic heterocycles. The number of furan rings is 1. The first-order valence-corrected chi connectivity index (χ1v) is 9.47. The molecule has 26 heavy (non-hydrogen) atoms. The van der Waals surface area contributed by atoms with Gasteiger partial charge < -0.3 is 9.73 Å². The fourth-order valence-electron chi connectivity index (χ4n) is 2.24. The van der Waals surface area contributed by atoms with Gasteiger partial charge in [0.25, 0.3) is 0 Å². The first kappa shape index (κ1) is 21.1. The molecular formula is C16H18Cl3N5OS. The topological polar surface area (TPSA) is 68.8 Å². The Morgan fingerprint density at radius 3 is 2.65 bits per heavy atom. The lowest BCUT2D eigenvalue weighted by atomic mass is 10.2. The number of aryl methyl sites for hydroxylation is 1. The molecule has 10 heteroatoms. The second-order valence-electron chi connectivity index (χ2n) is 5.39. The summed E-state index contributed by atoms with van der Waals surface area (Å²) in [7, 11) is 1.84. The fourth-order valence-corrected chi connectivity index (χ4v) is 3.55. The van der Waals surface area contributed by atoms with Crippen LogP contribution in [0.15, 0.2) is 39.9 Å². The van der Waals surface area contributed by atoms with Gasteiger partial charge in [0.2, 0.25) is 5.16 Å². The summed E-state index contributed by atoms with van der Waals surface area (Å²) in [4.78, 5) is 0. The highest BCUT2D eigenvalue weighted by Crippen LogP contribution is 2.28. The van der Waals surface area contributed by atoms with Crippen LogP contribution in [0, 0.1) is 0 Å². The highest BCUT2D eigenvalue weighted by molar-refractivity contribution is 7.99. The lowest BCUT2D eigenvalue weighted by Gasteiger charge is -2.03. The van der Waals surface area contributed by atoms with E-state index in [1.54, 1.807) is 22.5 Å². The van der Waals surface area contributed by atoms with Crippen LogP contribution in [0.2, 0.25) is 10.0 Å². The zero-order chi connectivity index (χ0) is 17.6. The van der Waals surface area contributed by atoms with Crippen LogP contribution in [0.5, 0.6) is 0 Å². The zero-order valence-electron chi connectivity index (χ0n) is 14.0. The quantitative estimate of drug-likeness (QED) is 0.417. The minimum Gasteiger partial charge on any atom is -0.460 e. The summed E-state index contributed by atoms with van der Waals surface area (Å²) in [5.74, 6) is 2.58. The molecule has 2 heterocycles. The smallest absolute Gasteiger partial charge is 0.209 e. The number of aromatic nitrogens is 4. The fraction of sp³-hybridized carbons (Fsp3) is 0.312. The number of hydrogen-bond donors (Lipinski definition) is 1. The van der Waals surface area contributed by atoms with E-state index in [1.807, 2.05) is 31.3 Å². The third-order valence-electron chi connectivity index (χ3n) is 3.42. The Labute approximate surface area is 172 Å². The largest absolute Gasteiger partial charge is 0.460 e. The van der Waals surface area contributed by atoms with Crippen LogP contribution in [0.25, 0.3) is 11.3 Å². The Kier molecular flexibility index (Phi) is 8.24. The molecule has 0 saturated heterocycles. The van der Waals surface area contributed by atoms with Gasteiger partial charge >= 0.3 is 0 Å². The number of tetrazole rings is 1. The van der Waals surface area contributed by atoms with E-state index in [1.165, 1.54) is 0 Å². The standard InChI is InChI=1S/C16H17Cl2N5OS.ClH/c1-23-16(20-21-22-23)25-6-2-5-19-10-14-3-4-15(24-14)11-7-12(17)9-13(18)8-11;/h3-4,7-9,19H,2,5-6,10H2,1H3;1H. The minimum absolute atomic E-state index is 0. The minimum atomic E-state index is 0. The van der Waals surface area contributed by atoms with Crippen molar-refractivity contribution in [2.24, 2.45) is 7.05 Å². The van der Waals surface area contributed by atoms with Crippen molar-refractivity contribution in [3.8, 4) is 11.3 Å². The maximum atomic E-state index is 6.03. The van der Waals surface area contributed by atoms with Gasteiger partial charge in [0.05, 0.1) is 6.54 Å². The third-order valence-corrected chi connectivity index (χ3v) is 4.95. The van der Waals surface area contributed by atoms with Crippen LogP contribution in [-0.4, -0.2) is 32.5 Å². The second kappa shape index (κ2) is 10.2. The Bertz CT molecular complexity index is 819. The Hall–Kier alpha value is -1.25. The van der Waals surface area contributed by atoms with Gasteiger partial charge in [0.15, 0.2) is 0 Å². The van der Waals surface area contributed by atoms with E-state index < -0.39 is 0 Å². The Morgan fingerprint density at radius 2 is 1.96 bits per heavy atom. The van der Waals surface area contributed by atoms with Crippen molar-refractivity contribution >= 4 is 47.4 Å². The van der Waals surface area contributed by atoms with Crippen molar-refractivity contribution in [2.45, 2.75) is 18.1 Å². The monoisotopic (exact) mass is 433 g/mol. The molecule has 0 saturated carbocycles. The number of hydrogen-bond acceptors (Lipinski definition) is 6. The van der Waals surface area contributed by atoms with Crippen LogP contribution in [-0.2, 0) is 13.6 Å². The van der Waals surface area contributed by atoms with Crippen LogP contribution in [0.4, 0.5) is 0 Å². The van der Waals surface area contributed by atoms with E-state index in [2.05, 4.69) is 20.8 Å². The van der Waals surface area contributed by atoms with E-state index in [0.29, 0.717) is 16.6 Å². The summed E-state index contributed by atoms with van der Waals surface area (Å²) in [6.45, 7) is 1.56. The number of nitrogens with one attached hydrogen (secondary N) is 1. The second-order valence-corrected chi connectivity index (χ2v) is 7.32. The molecule has 0 spiro atoms. The van der Waals surface area contributed by atoms with Crippen molar-refractivity contribution in [3.63, 3.8) is 0 Å². The van der Waals surface area contributed by atoms with Gasteiger partial charge in [0, 0.05) is 28.4 Å². The molecule has 0 fully saturated rings. The Morgan fingerprint density at radius 1 is 1.19 bits per heavy atom. The first-order chi connectivity index (χ1) is 12.1. The van der Waals surface area contributed by atoms with Crippen molar-refractivity contribution in [2.75, 3.05) is 12.3 Å². The van der Waals surface area contributed by atoms with Gasteiger partial charge in [-0.15, -0.1) is 17.5 Å². The predicted octanol–water partition coefficient (Wildman–Crippen LogP) is 4.47. The number of halogens is 3. The van der Waals surface area contributed by atoms with Crippen LogP contribution in [0.1, 0.15) is 12.2 Å². The number of rotatable bonds is 8. The van der Waals surface area contributed by atoms with Gasteiger partial charge in [-0.3, -0.25) is 0 Å². The third kappa shape index (κ3) is 5.89. The van der Waals surface area contributed by atoms with Crippen molar-refractivity contribution in [1.82, 2.24) is 25.5 Å². The predicted molar refractivity (Wildman–Crippen MR) is 107 cm³/mol. The average Bonchev–Trinajstić information content (AvgIpc) is 3.19. The molecule has 0 radical (unpaired) electrons. The van der Waals surface area contributed by atoms with Gasteiger partial charge in [-0.1, -0.05) is 35.0 Å². The highest BCUT2D eigenvalue weighted by Gasteiger charge is 2.07. The summed E-state index contributed by atoms with van der Waals surface area (Å²) in [5.41, 5.74) is 0.873. The number of benzene rings is 1. The van der Waals surface area contributed by atoms with Crippen molar-refractivity contribution < 1.29 is 4.42 Å². The van der Waals surface area contributed by atoms with Crippen LogP contribution < -0.4 is 5.32 Å². The molecule has 3 rings (SSSR count). The van der Waals surface area contributed by atoms with Gasteiger partial charge in [-0.05, 0) is 53.7 Å². The van der Waals surface area contributed by atoms with E-state index in [9.17, 15) is 0 Å². The SMILES string of the molecule is Cl.Cn1nnnc1SCCCNCc1ccc(-c2cc(Cl)cc(Cl)c2)o1. The molecule has 0 aliphatic rings. The summed E-state index contributed by atoms with van der Waals surface area (Å²) in [5, 5.41) is 16.7. The summed E-state index contributed by atoms with van der Waals surface area (Å²) in [6, 6.07) is 9.25. The highest BCUT2D eigenvalue weighted by atomic mass is 35.5. The molecule has 1 aromatic carbocycles. The van der Waals surface area contributed by atoms with E-state index >= 15 is 0 Å². The molecule has 1 N–H and O–H groups in total. The van der Waals surface area contributed by atoms with Crippen molar-refractivity contribution in [3.05, 3.63) is 46.1 Å². The molecule has 0 bridgehead atoms. The van der Waals surface area contributed by atoms with E-state index in [-0.39, 0.29) is 12.4 Å². The zero-order valence-corrected chi connectivity index (χ0v) is 17.1. The molecule has 3 aromatic rings. The molecule has 0 aliphatic carbocycles. The maximum Gasteiger partial charge on any atom is 0.209 e. The lowest BCUT2D eigenvalue weighted by Crippen LogP contribution is -2.14. The lowest BCUT2D eigenvalue weighted by molar-refractivity contribution is 0.494. The molecule has 0 unspecified atom stereocenters. The average molecular weight is 435 g/mol. The Balaban J connectivity index is 0.00000243. The van der Waals surface area contributed by atoms with Gasteiger partial charge in [-0.25, -0.2) is 4.68 Å².